The van der Waals surface area contributed by atoms with Crippen LogP contribution in [-0.4, -0.2) is 56.0 Å². The summed E-state index contributed by atoms with van der Waals surface area (Å²) in [4.78, 5) is 37.6. The van der Waals surface area contributed by atoms with Crippen LogP contribution < -0.4 is 10.6 Å². The van der Waals surface area contributed by atoms with Crippen molar-refractivity contribution in [2.24, 2.45) is 5.92 Å². The molecular formula is C18H24BrN3O4. The molecular weight excluding hydrogens is 402 g/mol. The summed E-state index contributed by atoms with van der Waals surface area (Å²) in [5.74, 6) is -0.842. The number of hydrogen-bond acceptors (Lipinski definition) is 4. The molecule has 0 bridgehead atoms. The van der Waals surface area contributed by atoms with Gasteiger partial charge in [-0.05, 0) is 43.5 Å². The normalized spacial score (nSPS) is 14.6. The Hall–Kier alpha value is -1.93. The number of nitrogens with one attached hydrogen (secondary N) is 2. The first-order valence-electron chi connectivity index (χ1n) is 8.52. The third kappa shape index (κ3) is 6.10. The summed E-state index contributed by atoms with van der Waals surface area (Å²) in [6.07, 6.45) is 1.34. The van der Waals surface area contributed by atoms with Crippen molar-refractivity contribution in [1.82, 2.24) is 10.2 Å². The molecule has 0 radical (unpaired) electrons. The molecule has 8 heteroatoms. The molecule has 142 valence electrons. The van der Waals surface area contributed by atoms with Crippen LogP contribution in [0.4, 0.5) is 5.69 Å². The van der Waals surface area contributed by atoms with E-state index in [0.717, 1.165) is 10.0 Å². The fourth-order valence-corrected chi connectivity index (χ4v) is 3.14. The number of anilines is 1. The molecule has 1 fully saturated rings. The van der Waals surface area contributed by atoms with Crippen LogP contribution in [0, 0.1) is 12.8 Å². The first-order chi connectivity index (χ1) is 12.4. The molecule has 3 amide bonds. The largest absolute Gasteiger partial charge is 0.381 e. The number of carbonyl (C=O) groups excluding carboxylic acids is 3. The van der Waals surface area contributed by atoms with Crippen molar-refractivity contribution >= 4 is 39.3 Å². The number of hydrogen-bond donors (Lipinski definition) is 2. The molecule has 0 aromatic heterocycles. The van der Waals surface area contributed by atoms with E-state index in [1.165, 1.54) is 11.9 Å². The number of benzene rings is 1. The Morgan fingerprint density at radius 1 is 1.27 bits per heavy atom. The van der Waals surface area contributed by atoms with E-state index in [1.807, 2.05) is 19.1 Å². The Labute approximate surface area is 161 Å². The lowest BCUT2D eigenvalue weighted by Gasteiger charge is -2.22. The van der Waals surface area contributed by atoms with Gasteiger partial charge in [0.1, 0.15) is 0 Å². The molecule has 1 aliphatic rings. The maximum absolute atomic E-state index is 12.1. The summed E-state index contributed by atoms with van der Waals surface area (Å²) in [6.45, 7) is 2.84. The zero-order chi connectivity index (χ0) is 19.1. The zero-order valence-electron chi connectivity index (χ0n) is 15.0. The fraction of sp³-hybridized carbons (Fsp3) is 0.500. The van der Waals surface area contributed by atoms with E-state index in [2.05, 4.69) is 26.6 Å². The standard InChI is InChI=1S/C18H24BrN3O4/c1-12-9-14(19)3-4-15(12)21-16(23)11-22(2)17(24)10-20-18(25)13-5-7-26-8-6-13/h3-4,9,13H,5-8,10-11H2,1-2H3,(H,20,25)(H,21,23). The van der Waals surface area contributed by atoms with Gasteiger partial charge < -0.3 is 20.3 Å². The molecule has 1 aromatic rings. The average Bonchev–Trinajstić information content (AvgIpc) is 2.62. The van der Waals surface area contributed by atoms with Crippen molar-refractivity contribution in [1.29, 1.82) is 0 Å². The molecule has 0 atom stereocenters. The highest BCUT2D eigenvalue weighted by Crippen LogP contribution is 2.20. The first kappa shape index (κ1) is 20.4. The van der Waals surface area contributed by atoms with E-state index in [4.69, 9.17) is 4.74 Å². The molecule has 7 nitrogen and oxygen atoms in total. The second kappa shape index (κ2) is 9.68. The Bertz CT molecular complexity index is 674. The van der Waals surface area contributed by atoms with Gasteiger partial charge >= 0.3 is 0 Å². The third-order valence-corrected chi connectivity index (χ3v) is 4.77. The summed E-state index contributed by atoms with van der Waals surface area (Å²) >= 11 is 3.37. The van der Waals surface area contributed by atoms with Crippen molar-refractivity contribution in [3.8, 4) is 0 Å². The Kier molecular flexibility index (Phi) is 7.59. The van der Waals surface area contributed by atoms with Crippen LogP contribution in [0.1, 0.15) is 18.4 Å². The second-order valence-electron chi connectivity index (χ2n) is 6.36. The van der Waals surface area contributed by atoms with E-state index < -0.39 is 0 Å². The zero-order valence-corrected chi connectivity index (χ0v) is 16.6. The number of aryl methyl sites for hydroxylation is 1. The van der Waals surface area contributed by atoms with E-state index >= 15 is 0 Å². The molecule has 2 N–H and O–H groups in total. The van der Waals surface area contributed by atoms with E-state index in [0.29, 0.717) is 31.7 Å². The highest BCUT2D eigenvalue weighted by Gasteiger charge is 2.22. The maximum atomic E-state index is 12.1. The van der Waals surface area contributed by atoms with E-state index in [1.54, 1.807) is 6.07 Å². The summed E-state index contributed by atoms with van der Waals surface area (Å²) < 4.78 is 6.15. The minimum absolute atomic E-state index is 0.0819. The molecule has 26 heavy (non-hydrogen) atoms. The molecule has 1 saturated heterocycles. The monoisotopic (exact) mass is 425 g/mol. The van der Waals surface area contributed by atoms with Crippen LogP contribution in [0.2, 0.25) is 0 Å². The lowest BCUT2D eigenvalue weighted by Crippen LogP contribution is -2.43. The summed E-state index contributed by atoms with van der Waals surface area (Å²) in [5, 5.41) is 5.43. The van der Waals surface area contributed by atoms with Crippen molar-refractivity contribution in [2.75, 3.05) is 38.7 Å². The third-order valence-electron chi connectivity index (χ3n) is 4.28. The highest BCUT2D eigenvalue weighted by molar-refractivity contribution is 9.10. The minimum atomic E-state index is -0.312. The van der Waals surface area contributed by atoms with Gasteiger partial charge in [-0.2, -0.15) is 0 Å². The quantitative estimate of drug-likeness (QED) is 0.725. The van der Waals surface area contributed by atoms with Crippen LogP contribution in [0.15, 0.2) is 22.7 Å². The van der Waals surface area contributed by atoms with Gasteiger partial charge in [-0.1, -0.05) is 15.9 Å². The van der Waals surface area contributed by atoms with Gasteiger partial charge in [0.2, 0.25) is 17.7 Å². The molecule has 0 spiro atoms. The topological polar surface area (TPSA) is 87.7 Å². The van der Waals surface area contributed by atoms with Gasteiger partial charge in [0.15, 0.2) is 0 Å². The number of likely N-dealkylation sites (N-methyl/N-ethyl adjacent to an activating group) is 1. The number of carbonyl (C=O) groups is 3. The number of rotatable bonds is 6. The first-order valence-corrected chi connectivity index (χ1v) is 9.31. The maximum Gasteiger partial charge on any atom is 0.243 e. The molecule has 0 saturated carbocycles. The van der Waals surface area contributed by atoms with Gasteiger partial charge in [0.25, 0.3) is 0 Å². The van der Waals surface area contributed by atoms with Gasteiger partial charge in [-0.25, -0.2) is 0 Å². The SMILES string of the molecule is Cc1cc(Br)ccc1NC(=O)CN(C)C(=O)CNC(=O)C1CCOCC1. The molecule has 1 aromatic carbocycles. The van der Waals surface area contributed by atoms with Gasteiger partial charge in [0.05, 0.1) is 13.1 Å². The van der Waals surface area contributed by atoms with E-state index in [-0.39, 0.29) is 36.7 Å². The smallest absolute Gasteiger partial charge is 0.243 e. The highest BCUT2D eigenvalue weighted by atomic mass is 79.9. The molecule has 0 aliphatic carbocycles. The van der Waals surface area contributed by atoms with Gasteiger partial charge in [-0.3, -0.25) is 14.4 Å². The van der Waals surface area contributed by atoms with Crippen molar-refractivity contribution in [3.63, 3.8) is 0 Å². The molecule has 1 heterocycles. The average molecular weight is 426 g/mol. The van der Waals surface area contributed by atoms with Crippen LogP contribution in [-0.2, 0) is 19.1 Å². The van der Waals surface area contributed by atoms with Gasteiger partial charge in [0, 0.05) is 36.3 Å². The molecule has 0 unspecified atom stereocenters. The van der Waals surface area contributed by atoms with Crippen molar-refractivity contribution in [2.45, 2.75) is 19.8 Å². The molecule has 2 rings (SSSR count). The lowest BCUT2D eigenvalue weighted by atomic mass is 9.99. The van der Waals surface area contributed by atoms with Crippen LogP contribution in [0.5, 0.6) is 0 Å². The predicted octanol–water partition coefficient (Wildman–Crippen LogP) is 1.70. The van der Waals surface area contributed by atoms with Crippen LogP contribution in [0.3, 0.4) is 0 Å². The molecule has 1 aliphatic heterocycles. The lowest BCUT2D eigenvalue weighted by molar-refractivity contribution is -0.135. The summed E-state index contributed by atoms with van der Waals surface area (Å²) in [5.41, 5.74) is 1.62. The predicted molar refractivity (Wildman–Crippen MR) is 102 cm³/mol. The van der Waals surface area contributed by atoms with Crippen LogP contribution in [0.25, 0.3) is 0 Å². The second-order valence-corrected chi connectivity index (χ2v) is 7.28. The number of ether oxygens (including phenoxy) is 1. The Balaban J connectivity index is 1.76. The van der Waals surface area contributed by atoms with Gasteiger partial charge in [-0.15, -0.1) is 0 Å². The minimum Gasteiger partial charge on any atom is -0.381 e. The van der Waals surface area contributed by atoms with Crippen molar-refractivity contribution < 1.29 is 19.1 Å². The number of amides is 3. The Morgan fingerprint density at radius 2 is 1.96 bits per heavy atom. The summed E-state index contributed by atoms with van der Waals surface area (Å²) in [6, 6.07) is 5.53. The van der Waals surface area contributed by atoms with Crippen molar-refractivity contribution in [3.05, 3.63) is 28.2 Å². The van der Waals surface area contributed by atoms with E-state index in [9.17, 15) is 14.4 Å². The van der Waals surface area contributed by atoms with Crippen LogP contribution >= 0.6 is 15.9 Å². The fourth-order valence-electron chi connectivity index (χ4n) is 2.66. The Morgan fingerprint density at radius 3 is 2.62 bits per heavy atom. The number of nitrogens with zero attached hydrogens (tertiary/aromatic N) is 1. The number of halogens is 1. The summed E-state index contributed by atoms with van der Waals surface area (Å²) in [7, 11) is 1.54.